The Kier molecular flexibility index (Phi) is 7.81. The minimum atomic E-state index is -0.577. The van der Waals surface area contributed by atoms with Crippen molar-refractivity contribution in [3.63, 3.8) is 0 Å². The number of rotatable bonds is 8. The number of morpholine rings is 1. The van der Waals surface area contributed by atoms with Crippen LogP contribution in [-0.4, -0.2) is 59.8 Å². The van der Waals surface area contributed by atoms with Crippen molar-refractivity contribution in [3.8, 4) is 0 Å². The van der Waals surface area contributed by atoms with E-state index in [1.807, 2.05) is 31.0 Å². The second-order valence-corrected chi connectivity index (χ2v) is 11.6. The van der Waals surface area contributed by atoms with E-state index in [4.69, 9.17) is 9.47 Å². The largest absolute Gasteiger partial charge is 0.378 e. The molecule has 2 rings (SSSR count). The molecule has 0 radical (unpaired) electrons. The molecule has 6 nitrogen and oxygen atoms in total. The first-order valence-corrected chi connectivity index (χ1v) is 11.4. The molecule has 0 spiro atoms. The van der Waals surface area contributed by atoms with E-state index in [0.29, 0.717) is 32.9 Å². The van der Waals surface area contributed by atoms with Gasteiger partial charge >= 0.3 is 0 Å². The maximum Gasteiger partial charge on any atom is 0.230 e. The van der Waals surface area contributed by atoms with Crippen LogP contribution in [0.4, 0.5) is 5.82 Å². The van der Waals surface area contributed by atoms with Crippen molar-refractivity contribution in [3.05, 3.63) is 23.9 Å². The fourth-order valence-corrected chi connectivity index (χ4v) is 3.52. The van der Waals surface area contributed by atoms with Crippen LogP contribution in [0.1, 0.15) is 67.9 Å². The highest BCUT2D eigenvalue weighted by atomic mass is 16.5. The lowest BCUT2D eigenvalue weighted by Crippen LogP contribution is -2.50. The van der Waals surface area contributed by atoms with E-state index in [1.54, 1.807) is 0 Å². The van der Waals surface area contributed by atoms with Gasteiger partial charge in [0.15, 0.2) is 0 Å². The van der Waals surface area contributed by atoms with Gasteiger partial charge in [-0.3, -0.25) is 4.79 Å². The van der Waals surface area contributed by atoms with Crippen LogP contribution in [0, 0.1) is 10.8 Å². The molecule has 0 aromatic carbocycles. The van der Waals surface area contributed by atoms with Gasteiger partial charge in [-0.2, -0.15) is 0 Å². The summed E-state index contributed by atoms with van der Waals surface area (Å²) in [6.45, 7) is 21.9. The molecule has 1 fully saturated rings. The van der Waals surface area contributed by atoms with E-state index < -0.39 is 11.0 Å². The molecular formula is C25H43N3O3. The molecular weight excluding hydrogens is 390 g/mol. The zero-order chi connectivity index (χ0) is 23.5. The number of anilines is 1. The number of hydrogen-bond donors (Lipinski definition) is 1. The van der Waals surface area contributed by atoms with Crippen LogP contribution in [0.5, 0.6) is 0 Å². The van der Waals surface area contributed by atoms with Crippen molar-refractivity contribution in [2.24, 2.45) is 10.8 Å². The van der Waals surface area contributed by atoms with Crippen molar-refractivity contribution < 1.29 is 14.3 Å². The van der Waals surface area contributed by atoms with E-state index in [1.165, 1.54) is 5.56 Å². The Morgan fingerprint density at radius 1 is 1.06 bits per heavy atom. The third-order valence-corrected chi connectivity index (χ3v) is 6.27. The molecule has 2 heterocycles. The van der Waals surface area contributed by atoms with Gasteiger partial charge in [-0.25, -0.2) is 4.98 Å². The Morgan fingerprint density at radius 3 is 2.19 bits per heavy atom. The number of ether oxygens (including phenoxy) is 2. The smallest absolute Gasteiger partial charge is 0.230 e. The summed E-state index contributed by atoms with van der Waals surface area (Å²) in [5.41, 5.74) is 0.00962. The predicted octanol–water partition coefficient (Wildman–Crippen LogP) is 4.54. The van der Waals surface area contributed by atoms with Gasteiger partial charge in [0.2, 0.25) is 5.91 Å². The van der Waals surface area contributed by atoms with Crippen LogP contribution in [0.15, 0.2) is 18.3 Å². The quantitative estimate of drug-likeness (QED) is 0.652. The number of pyridine rings is 1. The van der Waals surface area contributed by atoms with Gasteiger partial charge in [0.25, 0.3) is 0 Å². The first-order chi connectivity index (χ1) is 14.1. The molecule has 1 aromatic heterocycles. The average Bonchev–Trinajstić information content (AvgIpc) is 2.67. The molecule has 1 saturated heterocycles. The standard InChI is InChI=1S/C25H43N3O3/c1-22(2,3)27-20-11-10-19(17-26-20)16-24(6,7)25(8,9)31-18-23(4,5)21(29)28-12-14-30-15-13-28/h10-11,17H,12-16,18H2,1-9H3,(H,26,27). The molecule has 0 saturated carbocycles. The van der Waals surface area contributed by atoms with E-state index in [2.05, 4.69) is 64.8 Å². The van der Waals surface area contributed by atoms with Crippen LogP contribution in [0.25, 0.3) is 0 Å². The van der Waals surface area contributed by atoms with E-state index in [0.717, 1.165) is 12.2 Å². The van der Waals surface area contributed by atoms with Crippen molar-refractivity contribution in [1.29, 1.82) is 0 Å². The molecule has 1 aromatic rings. The summed E-state index contributed by atoms with van der Waals surface area (Å²) in [5, 5.41) is 3.40. The zero-order valence-electron chi connectivity index (χ0n) is 21.1. The molecule has 0 atom stereocenters. The number of aromatic nitrogens is 1. The van der Waals surface area contributed by atoms with E-state index in [9.17, 15) is 4.79 Å². The first-order valence-electron chi connectivity index (χ1n) is 11.4. The monoisotopic (exact) mass is 433 g/mol. The molecule has 1 aliphatic heterocycles. The average molecular weight is 434 g/mol. The Hall–Kier alpha value is -1.66. The lowest BCUT2D eigenvalue weighted by atomic mass is 9.72. The molecule has 1 amide bonds. The second-order valence-electron chi connectivity index (χ2n) is 11.6. The fraction of sp³-hybridized carbons (Fsp3) is 0.760. The Balaban J connectivity index is 1.99. The minimum Gasteiger partial charge on any atom is -0.378 e. The summed E-state index contributed by atoms with van der Waals surface area (Å²) in [7, 11) is 0. The zero-order valence-corrected chi connectivity index (χ0v) is 21.1. The van der Waals surface area contributed by atoms with Gasteiger partial charge in [0, 0.05) is 24.8 Å². The summed E-state index contributed by atoms with van der Waals surface area (Å²) in [6, 6.07) is 4.17. The lowest BCUT2D eigenvalue weighted by molar-refractivity contribution is -0.159. The Labute approximate surface area is 189 Å². The van der Waals surface area contributed by atoms with Crippen molar-refractivity contribution in [2.75, 3.05) is 38.2 Å². The highest BCUT2D eigenvalue weighted by Gasteiger charge is 2.41. The summed E-state index contributed by atoms with van der Waals surface area (Å²) < 4.78 is 11.8. The predicted molar refractivity (Wildman–Crippen MR) is 126 cm³/mol. The van der Waals surface area contributed by atoms with Crippen molar-refractivity contribution >= 4 is 11.7 Å². The van der Waals surface area contributed by atoms with Crippen LogP contribution in [0.2, 0.25) is 0 Å². The highest BCUT2D eigenvalue weighted by molar-refractivity contribution is 5.82. The van der Waals surface area contributed by atoms with Crippen molar-refractivity contribution in [1.82, 2.24) is 9.88 Å². The lowest BCUT2D eigenvalue weighted by Gasteiger charge is -2.44. The summed E-state index contributed by atoms with van der Waals surface area (Å²) in [5.74, 6) is 1.02. The number of carbonyl (C=O) groups is 1. The fourth-order valence-electron chi connectivity index (χ4n) is 3.52. The number of hydrogen-bond acceptors (Lipinski definition) is 5. The van der Waals surface area contributed by atoms with Crippen LogP contribution in [0.3, 0.4) is 0 Å². The van der Waals surface area contributed by atoms with Gasteiger partial charge < -0.3 is 19.7 Å². The van der Waals surface area contributed by atoms with Gasteiger partial charge in [0.05, 0.1) is 30.8 Å². The number of amides is 1. The molecule has 1 N–H and O–H groups in total. The van der Waals surface area contributed by atoms with Gasteiger partial charge in [-0.05, 0) is 71.9 Å². The van der Waals surface area contributed by atoms with Gasteiger partial charge in [-0.15, -0.1) is 0 Å². The molecule has 6 heteroatoms. The molecule has 0 aliphatic carbocycles. The number of nitrogens with one attached hydrogen (secondary N) is 1. The summed E-state index contributed by atoms with van der Waals surface area (Å²) in [4.78, 5) is 19.5. The Morgan fingerprint density at radius 2 is 1.68 bits per heavy atom. The van der Waals surface area contributed by atoms with E-state index >= 15 is 0 Å². The van der Waals surface area contributed by atoms with Gasteiger partial charge in [-0.1, -0.05) is 19.9 Å². The van der Waals surface area contributed by atoms with Crippen molar-refractivity contribution in [2.45, 2.75) is 79.9 Å². The number of carbonyl (C=O) groups excluding carboxylic acids is 1. The third kappa shape index (κ3) is 7.18. The molecule has 176 valence electrons. The highest BCUT2D eigenvalue weighted by Crippen LogP contribution is 2.38. The van der Waals surface area contributed by atoms with E-state index in [-0.39, 0.29) is 16.9 Å². The van der Waals surface area contributed by atoms with Gasteiger partial charge in [0.1, 0.15) is 5.82 Å². The SMILES string of the molecule is CC(C)(C)Nc1ccc(CC(C)(C)C(C)(C)OCC(C)(C)C(=O)N2CCOCC2)cn1. The third-order valence-electron chi connectivity index (χ3n) is 6.27. The maximum atomic E-state index is 13.0. The maximum absolute atomic E-state index is 13.0. The summed E-state index contributed by atoms with van der Waals surface area (Å²) in [6.07, 6.45) is 2.78. The Bertz CT molecular complexity index is 727. The van der Waals surface area contributed by atoms with Crippen LogP contribution in [-0.2, 0) is 20.7 Å². The van der Waals surface area contributed by atoms with Crippen LogP contribution >= 0.6 is 0 Å². The minimum absolute atomic E-state index is 0.0188. The normalized spacial score (nSPS) is 16.4. The van der Waals surface area contributed by atoms with Crippen LogP contribution < -0.4 is 5.32 Å². The molecule has 0 bridgehead atoms. The number of nitrogens with zero attached hydrogens (tertiary/aromatic N) is 2. The molecule has 1 aliphatic rings. The second kappa shape index (κ2) is 9.45. The topological polar surface area (TPSA) is 63.7 Å². The first kappa shape index (κ1) is 25.6. The molecule has 31 heavy (non-hydrogen) atoms. The molecule has 0 unspecified atom stereocenters. The summed E-state index contributed by atoms with van der Waals surface area (Å²) >= 11 is 0.